The van der Waals surface area contributed by atoms with E-state index in [4.69, 9.17) is 28.4 Å². The van der Waals surface area contributed by atoms with Gasteiger partial charge in [-0.1, -0.05) is 146 Å². The van der Waals surface area contributed by atoms with Crippen LogP contribution in [0.2, 0.25) is 0 Å². The van der Waals surface area contributed by atoms with E-state index < -0.39 is 121 Å². The maximum Gasteiger partial charge on any atom is 1.00 e. The number of nitrogens with zero attached hydrogens (tertiary/aromatic N) is 3. The molecular weight excluding hydrogens is 1390 g/mol. The molecule has 0 saturated heterocycles. The van der Waals surface area contributed by atoms with Crippen LogP contribution in [0.3, 0.4) is 0 Å². The second-order valence-electron chi connectivity index (χ2n) is 21.8. The second kappa shape index (κ2) is 45.5. The molecule has 0 bridgehead atoms. The van der Waals surface area contributed by atoms with Gasteiger partial charge in [-0.3, -0.25) is 0 Å². The van der Waals surface area contributed by atoms with Crippen LogP contribution in [0.25, 0.3) is 0 Å². The number of rotatable bonds is 36. The van der Waals surface area contributed by atoms with Gasteiger partial charge in [0.15, 0.2) is 0 Å². The predicted molar refractivity (Wildman–Crippen MR) is 368 cm³/mol. The van der Waals surface area contributed by atoms with Crippen LogP contribution in [0.1, 0.15) is 0 Å². The number of hydrogen-bond acceptors (Lipinski definition) is 24. The molecule has 0 aliphatic heterocycles. The van der Waals surface area contributed by atoms with Crippen LogP contribution in [-0.2, 0) is 30.4 Å². The van der Waals surface area contributed by atoms with Gasteiger partial charge in [0.05, 0.1) is 108 Å². The normalized spacial score (nSPS) is 12.8. The van der Waals surface area contributed by atoms with Crippen molar-refractivity contribution in [3.63, 3.8) is 0 Å². The van der Waals surface area contributed by atoms with E-state index in [9.17, 15) is 69.6 Å². The molecule has 102 heavy (non-hydrogen) atoms. The Hall–Kier alpha value is -6.73. The van der Waals surface area contributed by atoms with Crippen LogP contribution in [0, 0.1) is 0 Å². The molecule has 0 aromatic heterocycles. The van der Waals surface area contributed by atoms with Gasteiger partial charge in [0, 0.05) is 0 Å². The Morgan fingerprint density at radius 3 is 0.529 bits per heavy atom. The van der Waals surface area contributed by atoms with Crippen LogP contribution in [0.15, 0.2) is 269 Å². The molecule has 0 amide bonds. The van der Waals surface area contributed by atoms with Gasteiger partial charge in [0.1, 0.15) is 104 Å². The van der Waals surface area contributed by atoms with E-state index in [1.54, 1.807) is 164 Å². The molecule has 30 heteroatoms. The second-order valence-corrected chi connectivity index (χ2v) is 25.8. The Morgan fingerprint density at radius 1 is 0.255 bits per heavy atom. The fraction of sp³-hybridized carbons (Fsp3) is 0.250. The summed E-state index contributed by atoms with van der Waals surface area (Å²) in [6, 6.07) is 65.8. The summed E-state index contributed by atoms with van der Waals surface area (Å²) in [5.74, 6) is 3.34. The number of hydrogen-bond donors (Lipinski definition) is 6. The summed E-state index contributed by atoms with van der Waals surface area (Å²) in [6.07, 6.45) is 0. The van der Waals surface area contributed by atoms with Crippen molar-refractivity contribution in [3.8, 4) is 34.5 Å². The standard InChI is InChI=1S/3C24H27NO7S.Li.2Na/c3*26-15-19(17-31-21-9-3-1-4-10-21)25(23-13-7-8-14-24(23)33(28,29)30)20(16-27)18-32-22-11-5-2-6-12-22;;;/h3*1-14,19-20,26-27H,15-18H2,(H,28,29,30);;;/q;;;3*+1/p-3. The van der Waals surface area contributed by atoms with Crippen molar-refractivity contribution < 1.29 is 176 Å². The Kier molecular flexibility index (Phi) is 39.1. The van der Waals surface area contributed by atoms with Crippen molar-refractivity contribution in [2.45, 2.75) is 50.9 Å². The van der Waals surface area contributed by atoms with Gasteiger partial charge in [-0.15, -0.1) is 0 Å². The van der Waals surface area contributed by atoms with Gasteiger partial charge >= 0.3 is 78.0 Å². The zero-order valence-corrected chi connectivity index (χ0v) is 63.0. The number of aliphatic hydroxyl groups is 6. The molecule has 0 aliphatic rings. The molecule has 0 heterocycles. The summed E-state index contributed by atoms with van der Waals surface area (Å²) in [5.41, 5.74) is 0.164. The van der Waals surface area contributed by atoms with Crippen LogP contribution in [-0.4, -0.2) is 185 Å². The molecule has 9 aromatic rings. The summed E-state index contributed by atoms with van der Waals surface area (Å²) < 4.78 is 142. The Bertz CT molecular complexity index is 3570. The summed E-state index contributed by atoms with van der Waals surface area (Å²) in [6.45, 7) is -2.76. The molecule has 0 spiro atoms. The van der Waals surface area contributed by atoms with E-state index in [0.717, 1.165) is 0 Å². The summed E-state index contributed by atoms with van der Waals surface area (Å²) in [5, 5.41) is 61.1. The smallest absolute Gasteiger partial charge is 0.744 e. The van der Waals surface area contributed by atoms with E-state index in [1.165, 1.54) is 69.3 Å². The van der Waals surface area contributed by atoms with Crippen molar-refractivity contribution in [3.05, 3.63) is 255 Å². The summed E-state index contributed by atoms with van der Waals surface area (Å²) in [7, 11) is -14.5. The fourth-order valence-electron chi connectivity index (χ4n) is 10.3. The molecule has 0 radical (unpaired) electrons. The van der Waals surface area contributed by atoms with Gasteiger partial charge in [0.2, 0.25) is 0 Å². The number of anilines is 3. The van der Waals surface area contributed by atoms with Gasteiger partial charge in [-0.2, -0.15) is 0 Å². The van der Waals surface area contributed by atoms with Crippen LogP contribution in [0.5, 0.6) is 34.5 Å². The van der Waals surface area contributed by atoms with Gasteiger partial charge < -0.3 is 87.4 Å². The van der Waals surface area contributed by atoms with E-state index in [2.05, 4.69) is 0 Å². The quantitative estimate of drug-likeness (QED) is 0.0180. The van der Waals surface area contributed by atoms with Gasteiger partial charge in [-0.25, -0.2) is 25.3 Å². The van der Waals surface area contributed by atoms with Crippen LogP contribution in [0.4, 0.5) is 17.1 Å². The van der Waals surface area contributed by atoms with Crippen molar-refractivity contribution in [2.75, 3.05) is 94.0 Å². The number of para-hydroxylation sites is 9. The number of aliphatic hydroxyl groups excluding tert-OH is 6. The zero-order chi connectivity index (χ0) is 71.1. The first-order valence-electron chi connectivity index (χ1n) is 31.0. The minimum Gasteiger partial charge on any atom is -0.744 e. The molecular formula is C72H78LiN3Na2O21S3. The van der Waals surface area contributed by atoms with Crippen molar-refractivity contribution >= 4 is 47.4 Å². The van der Waals surface area contributed by atoms with Crippen molar-refractivity contribution in [1.82, 2.24) is 0 Å². The molecule has 528 valence electrons. The SMILES string of the molecule is O=S(=O)([O-])c1ccccc1N(C(CO)COc1ccccc1)C(CO)COc1ccccc1.O=S(=O)([O-])c1ccccc1N(C(CO)COc1ccccc1)C(CO)COc1ccccc1.O=S(=O)([O-])c1ccccc1N(C(CO)COc1ccccc1)C(CO)COc1ccccc1.[Li+].[Na+].[Na+]. The first-order valence-corrected chi connectivity index (χ1v) is 35.3. The molecule has 9 rings (SSSR count). The Balaban J connectivity index is 0.000000320. The topological polar surface area (TPSA) is 358 Å². The largest absolute Gasteiger partial charge is 1.00 e. The summed E-state index contributed by atoms with van der Waals surface area (Å²) >= 11 is 0. The van der Waals surface area contributed by atoms with E-state index >= 15 is 0 Å². The molecule has 0 saturated carbocycles. The molecule has 9 aromatic carbocycles. The first-order chi connectivity index (χ1) is 47.8. The molecule has 0 fully saturated rings. The van der Waals surface area contributed by atoms with E-state index in [1.807, 2.05) is 36.4 Å². The first kappa shape index (κ1) is 87.7. The minimum absolute atomic E-state index is 0. The average Bonchev–Trinajstić information content (AvgIpc) is 0.804. The monoisotopic (exact) mass is 1470 g/mol. The molecule has 24 nitrogen and oxygen atoms in total. The Labute approximate surface area is 651 Å². The van der Waals surface area contributed by atoms with Gasteiger partial charge in [-0.05, 0) is 109 Å². The fourth-order valence-corrected chi connectivity index (χ4v) is 12.3. The van der Waals surface area contributed by atoms with Crippen LogP contribution < -0.4 is 121 Å². The maximum absolute atomic E-state index is 12.0. The van der Waals surface area contributed by atoms with Crippen molar-refractivity contribution in [2.24, 2.45) is 0 Å². The molecule has 0 aliphatic carbocycles. The predicted octanol–water partition coefficient (Wildman–Crippen LogP) is -2.16. The van der Waals surface area contributed by atoms with E-state index in [0.29, 0.717) is 34.5 Å². The third-order valence-electron chi connectivity index (χ3n) is 15.0. The maximum atomic E-state index is 12.0. The summed E-state index contributed by atoms with van der Waals surface area (Å²) in [4.78, 5) is 3.08. The van der Waals surface area contributed by atoms with Crippen molar-refractivity contribution in [1.29, 1.82) is 0 Å². The average molecular weight is 1470 g/mol. The molecule has 6 atom stereocenters. The van der Waals surface area contributed by atoms with Crippen LogP contribution >= 0.6 is 0 Å². The third kappa shape index (κ3) is 27.4. The van der Waals surface area contributed by atoms with E-state index in [-0.39, 0.29) is 135 Å². The number of ether oxygens (including phenoxy) is 6. The zero-order valence-electron chi connectivity index (χ0n) is 56.6. The minimum atomic E-state index is -4.83. The third-order valence-corrected chi connectivity index (χ3v) is 17.6. The van der Waals surface area contributed by atoms with Gasteiger partial charge in [0.25, 0.3) is 0 Å². The molecule has 6 unspecified atom stereocenters. The number of benzene rings is 9. The Morgan fingerprint density at radius 2 is 0.392 bits per heavy atom. The molecule has 6 N–H and O–H groups in total.